The second-order valence-electron chi connectivity index (χ2n) is 7.33. The second-order valence-corrected chi connectivity index (χ2v) is 9.61. The van der Waals surface area contributed by atoms with Gasteiger partial charge in [0, 0.05) is 24.4 Å². The minimum Gasteiger partial charge on any atom is -0.493 e. The number of likely N-dealkylation sites (N-methyl/N-ethyl adjacent to an activating group) is 1. The van der Waals surface area contributed by atoms with E-state index in [0.717, 1.165) is 12.8 Å². The van der Waals surface area contributed by atoms with Crippen molar-refractivity contribution in [2.75, 3.05) is 32.6 Å². The molecule has 0 radical (unpaired) electrons. The summed E-state index contributed by atoms with van der Waals surface area (Å²) in [5.74, 6) is 1.09. The minimum absolute atomic E-state index is 0.0521. The largest absolute Gasteiger partial charge is 0.493 e. The van der Waals surface area contributed by atoms with Crippen LogP contribution in [0.4, 0.5) is 13.2 Å². The van der Waals surface area contributed by atoms with Crippen LogP contribution in [0.5, 0.6) is 5.75 Å². The number of sulfone groups is 1. The molecule has 3 rings (SSSR count). The molecule has 1 heterocycles. The van der Waals surface area contributed by atoms with Crippen LogP contribution in [0.15, 0.2) is 41.1 Å². The van der Waals surface area contributed by atoms with E-state index in [1.807, 2.05) is 0 Å². The molecule has 0 unspecified atom stereocenters. The molecule has 1 fully saturated rings. The first kappa shape index (κ1) is 21.5. The minimum atomic E-state index is -4.44. The number of halogens is 3. The van der Waals surface area contributed by atoms with Crippen LogP contribution in [0.2, 0.25) is 0 Å². The standard InChI is InChI=1S/C20H24F3NO4S/c1-3-29(25,26)17-6-7-19(27-12-14-4-5-14)18(9-17)15-8-16(11-24(2)10-15)28-13-20(21,22)23/h6-10,14H,3-5,11-13H2,1-2H3. The van der Waals surface area contributed by atoms with E-state index in [4.69, 9.17) is 9.47 Å². The fraction of sp³-hybridized carbons (Fsp3) is 0.500. The van der Waals surface area contributed by atoms with Crippen LogP contribution in [0, 0.1) is 5.92 Å². The number of rotatable bonds is 8. The van der Waals surface area contributed by atoms with Gasteiger partial charge in [-0.15, -0.1) is 0 Å². The van der Waals surface area contributed by atoms with Crippen LogP contribution in [0.25, 0.3) is 5.57 Å². The van der Waals surface area contributed by atoms with Crippen LogP contribution in [0.3, 0.4) is 0 Å². The lowest BCUT2D eigenvalue weighted by Crippen LogP contribution is -2.24. The summed E-state index contributed by atoms with van der Waals surface area (Å²) in [5, 5.41) is 0. The first-order valence-corrected chi connectivity index (χ1v) is 11.0. The molecule has 1 aromatic rings. The molecule has 1 saturated carbocycles. The van der Waals surface area contributed by atoms with Crippen LogP contribution in [-0.4, -0.2) is 52.1 Å². The Bertz CT molecular complexity index is 918. The number of hydrogen-bond acceptors (Lipinski definition) is 5. The zero-order valence-corrected chi connectivity index (χ0v) is 17.1. The maximum absolute atomic E-state index is 12.5. The summed E-state index contributed by atoms with van der Waals surface area (Å²) in [7, 11) is -1.74. The zero-order chi connectivity index (χ0) is 21.2. The third kappa shape index (κ3) is 5.91. The van der Waals surface area contributed by atoms with Crippen molar-refractivity contribution in [1.29, 1.82) is 0 Å². The summed E-state index contributed by atoms with van der Waals surface area (Å²) < 4.78 is 73.1. The molecule has 0 N–H and O–H groups in total. The van der Waals surface area contributed by atoms with Gasteiger partial charge in [0.1, 0.15) is 11.5 Å². The van der Waals surface area contributed by atoms with Gasteiger partial charge >= 0.3 is 6.18 Å². The predicted octanol–water partition coefficient (Wildman–Crippen LogP) is 4.02. The molecular weight excluding hydrogens is 407 g/mol. The molecule has 1 aromatic carbocycles. The average Bonchev–Trinajstić information content (AvgIpc) is 3.48. The SMILES string of the molecule is CCS(=O)(=O)c1ccc(OCC2CC2)c(C2=CN(C)CC(OCC(F)(F)F)=C2)c1. The van der Waals surface area contributed by atoms with Crippen molar-refractivity contribution < 1.29 is 31.1 Å². The molecule has 5 nitrogen and oxygen atoms in total. The van der Waals surface area contributed by atoms with Gasteiger partial charge in [-0.1, -0.05) is 6.92 Å². The molecular formula is C20H24F3NO4S. The highest BCUT2D eigenvalue weighted by molar-refractivity contribution is 7.91. The molecule has 0 aromatic heterocycles. The summed E-state index contributed by atoms with van der Waals surface area (Å²) in [5.41, 5.74) is 1.05. The molecule has 0 saturated heterocycles. The Balaban J connectivity index is 1.95. The van der Waals surface area contributed by atoms with Gasteiger partial charge < -0.3 is 14.4 Å². The Morgan fingerprint density at radius 1 is 1.21 bits per heavy atom. The quantitative estimate of drug-likeness (QED) is 0.622. The van der Waals surface area contributed by atoms with Crippen molar-refractivity contribution in [3.63, 3.8) is 0 Å². The van der Waals surface area contributed by atoms with Crippen LogP contribution in [-0.2, 0) is 14.6 Å². The van der Waals surface area contributed by atoms with Crippen molar-refractivity contribution in [2.24, 2.45) is 5.92 Å². The van der Waals surface area contributed by atoms with Crippen LogP contribution < -0.4 is 4.74 Å². The van der Waals surface area contributed by atoms with Gasteiger partial charge in [0.15, 0.2) is 16.4 Å². The summed E-state index contributed by atoms with van der Waals surface area (Å²) in [6.45, 7) is 0.889. The third-order valence-electron chi connectivity index (χ3n) is 4.68. The maximum Gasteiger partial charge on any atom is 0.422 e. The first-order valence-electron chi connectivity index (χ1n) is 9.39. The lowest BCUT2D eigenvalue weighted by molar-refractivity contribution is -0.165. The molecule has 0 bridgehead atoms. The van der Waals surface area contributed by atoms with E-state index in [0.29, 0.717) is 29.4 Å². The van der Waals surface area contributed by atoms with Gasteiger partial charge in [-0.3, -0.25) is 0 Å². The van der Waals surface area contributed by atoms with Crippen molar-refractivity contribution >= 4 is 15.4 Å². The van der Waals surface area contributed by atoms with E-state index in [9.17, 15) is 21.6 Å². The van der Waals surface area contributed by atoms with Crippen LogP contribution >= 0.6 is 0 Å². The smallest absolute Gasteiger partial charge is 0.422 e. The number of ether oxygens (including phenoxy) is 2. The summed E-state index contributed by atoms with van der Waals surface area (Å²) in [4.78, 5) is 1.83. The van der Waals surface area contributed by atoms with Gasteiger partial charge in [-0.25, -0.2) is 8.42 Å². The van der Waals surface area contributed by atoms with E-state index < -0.39 is 22.6 Å². The molecule has 0 atom stereocenters. The zero-order valence-electron chi connectivity index (χ0n) is 16.3. The Morgan fingerprint density at radius 2 is 1.93 bits per heavy atom. The average molecular weight is 431 g/mol. The predicted molar refractivity (Wildman–Crippen MR) is 103 cm³/mol. The lowest BCUT2D eigenvalue weighted by atomic mass is 10.0. The van der Waals surface area contributed by atoms with Crippen molar-refractivity contribution in [2.45, 2.75) is 30.8 Å². The summed E-state index contributed by atoms with van der Waals surface area (Å²) >= 11 is 0. The Kier molecular flexibility index (Phi) is 6.16. The van der Waals surface area contributed by atoms with E-state index in [-0.39, 0.29) is 23.0 Å². The Morgan fingerprint density at radius 3 is 2.55 bits per heavy atom. The monoisotopic (exact) mass is 431 g/mol. The van der Waals surface area contributed by atoms with Crippen molar-refractivity contribution in [3.05, 3.63) is 41.8 Å². The topological polar surface area (TPSA) is 55.8 Å². The fourth-order valence-electron chi connectivity index (χ4n) is 2.91. The molecule has 160 valence electrons. The van der Waals surface area contributed by atoms with Gasteiger partial charge in [-0.05, 0) is 43.0 Å². The highest BCUT2D eigenvalue weighted by Crippen LogP contribution is 2.35. The third-order valence-corrected chi connectivity index (χ3v) is 6.41. The normalized spacial score (nSPS) is 17.6. The highest BCUT2D eigenvalue weighted by Gasteiger charge is 2.30. The van der Waals surface area contributed by atoms with Crippen molar-refractivity contribution in [1.82, 2.24) is 4.90 Å². The molecule has 0 amide bonds. The lowest BCUT2D eigenvalue weighted by Gasteiger charge is -2.25. The Hall–Kier alpha value is -2.16. The molecule has 9 heteroatoms. The molecule has 2 aliphatic rings. The highest BCUT2D eigenvalue weighted by atomic mass is 32.2. The van der Waals surface area contributed by atoms with Crippen molar-refractivity contribution in [3.8, 4) is 5.75 Å². The van der Waals surface area contributed by atoms with E-state index in [1.54, 1.807) is 31.1 Å². The number of benzene rings is 1. The van der Waals surface area contributed by atoms with Crippen LogP contribution in [0.1, 0.15) is 25.3 Å². The van der Waals surface area contributed by atoms with Gasteiger partial charge in [0.05, 0.1) is 23.8 Å². The molecule has 0 spiro atoms. The second kappa shape index (κ2) is 8.30. The molecule has 1 aliphatic heterocycles. The van der Waals surface area contributed by atoms with Gasteiger partial charge in [0.25, 0.3) is 0 Å². The molecule has 29 heavy (non-hydrogen) atoms. The number of allylic oxidation sites excluding steroid dienone is 2. The van der Waals surface area contributed by atoms with Gasteiger partial charge in [0.2, 0.25) is 0 Å². The summed E-state index contributed by atoms with van der Waals surface area (Å²) in [6.07, 6.45) is 1.00. The van der Waals surface area contributed by atoms with E-state index >= 15 is 0 Å². The number of hydrogen-bond donors (Lipinski definition) is 0. The number of nitrogens with zero attached hydrogens (tertiary/aromatic N) is 1. The van der Waals surface area contributed by atoms with E-state index in [1.165, 1.54) is 18.2 Å². The van der Waals surface area contributed by atoms with E-state index in [2.05, 4.69) is 0 Å². The maximum atomic E-state index is 12.5. The number of alkyl halides is 3. The first-order chi connectivity index (χ1) is 13.6. The Labute approximate surface area is 168 Å². The van der Waals surface area contributed by atoms with Gasteiger partial charge in [-0.2, -0.15) is 13.2 Å². The molecule has 1 aliphatic carbocycles. The summed E-state index contributed by atoms with van der Waals surface area (Å²) in [6, 6.07) is 4.63. The fourth-order valence-corrected chi connectivity index (χ4v) is 3.81.